The molecule has 0 radical (unpaired) electrons. The smallest absolute Gasteiger partial charge is 0.245 e. The third-order valence-electron chi connectivity index (χ3n) is 4.80. The highest BCUT2D eigenvalue weighted by Gasteiger charge is 2.30. The van der Waals surface area contributed by atoms with Gasteiger partial charge < -0.3 is 15.5 Å². The van der Waals surface area contributed by atoms with E-state index in [9.17, 15) is 8.42 Å². The van der Waals surface area contributed by atoms with Crippen molar-refractivity contribution in [3.63, 3.8) is 0 Å². The lowest BCUT2D eigenvalue weighted by molar-refractivity contribution is 0.360. The Labute approximate surface area is 145 Å². The molecule has 1 aromatic carbocycles. The Balaban J connectivity index is 2.01. The maximum Gasteiger partial charge on any atom is 0.245 e. The van der Waals surface area contributed by atoms with Crippen LogP contribution in [0.3, 0.4) is 0 Å². The minimum absolute atomic E-state index is 0.377. The number of hydrogen-bond donors (Lipinski definition) is 2. The van der Waals surface area contributed by atoms with Crippen LogP contribution in [0.5, 0.6) is 0 Å². The SMILES string of the molecule is CC(C)c1ccc(S(=O)(=O)N2CCNCC2)c(N2CCNCC2)c1. The second-order valence-corrected chi connectivity index (χ2v) is 8.68. The molecule has 2 fully saturated rings. The molecule has 2 aliphatic rings. The second-order valence-electron chi connectivity index (χ2n) is 6.77. The molecular weight excluding hydrogens is 324 g/mol. The van der Waals surface area contributed by atoms with Crippen molar-refractivity contribution in [3.05, 3.63) is 23.8 Å². The summed E-state index contributed by atoms with van der Waals surface area (Å²) in [5.41, 5.74) is 2.05. The average Bonchev–Trinajstić information content (AvgIpc) is 2.62. The van der Waals surface area contributed by atoms with Crippen LogP contribution in [0.15, 0.2) is 23.1 Å². The molecule has 3 rings (SSSR count). The molecule has 134 valence electrons. The van der Waals surface area contributed by atoms with E-state index >= 15 is 0 Å². The summed E-state index contributed by atoms with van der Waals surface area (Å²) in [5.74, 6) is 0.377. The molecule has 6 nitrogen and oxygen atoms in total. The van der Waals surface area contributed by atoms with Gasteiger partial charge in [-0.15, -0.1) is 0 Å². The van der Waals surface area contributed by atoms with E-state index in [1.165, 1.54) is 5.56 Å². The van der Waals surface area contributed by atoms with Crippen molar-refractivity contribution >= 4 is 15.7 Å². The lowest BCUT2D eigenvalue weighted by atomic mass is 10.0. The van der Waals surface area contributed by atoms with Gasteiger partial charge in [0.25, 0.3) is 0 Å². The topological polar surface area (TPSA) is 64.7 Å². The van der Waals surface area contributed by atoms with Crippen molar-refractivity contribution in [1.29, 1.82) is 0 Å². The number of anilines is 1. The van der Waals surface area contributed by atoms with Crippen LogP contribution in [0, 0.1) is 0 Å². The minimum atomic E-state index is -3.45. The first-order chi connectivity index (χ1) is 11.5. The summed E-state index contributed by atoms with van der Waals surface area (Å²) in [5, 5.41) is 6.55. The van der Waals surface area contributed by atoms with Gasteiger partial charge in [0, 0.05) is 52.4 Å². The molecule has 2 heterocycles. The predicted molar refractivity (Wildman–Crippen MR) is 97.2 cm³/mol. The zero-order chi connectivity index (χ0) is 17.2. The first kappa shape index (κ1) is 17.7. The Morgan fingerprint density at radius 2 is 1.54 bits per heavy atom. The van der Waals surface area contributed by atoms with Crippen molar-refractivity contribution in [2.45, 2.75) is 24.7 Å². The van der Waals surface area contributed by atoms with E-state index in [1.807, 2.05) is 12.1 Å². The highest BCUT2D eigenvalue weighted by atomic mass is 32.2. The Hall–Kier alpha value is -1.15. The number of sulfonamides is 1. The van der Waals surface area contributed by atoms with E-state index in [2.05, 4.69) is 35.4 Å². The minimum Gasteiger partial charge on any atom is -0.368 e. The molecule has 0 atom stereocenters. The van der Waals surface area contributed by atoms with Crippen molar-refractivity contribution < 1.29 is 8.42 Å². The van der Waals surface area contributed by atoms with E-state index in [4.69, 9.17) is 0 Å². The molecule has 0 bridgehead atoms. The quantitative estimate of drug-likeness (QED) is 0.840. The number of hydrogen-bond acceptors (Lipinski definition) is 5. The first-order valence-corrected chi connectivity index (χ1v) is 10.2. The van der Waals surface area contributed by atoms with Crippen molar-refractivity contribution in [1.82, 2.24) is 14.9 Å². The van der Waals surface area contributed by atoms with Crippen LogP contribution in [0.1, 0.15) is 25.3 Å². The maximum absolute atomic E-state index is 13.2. The van der Waals surface area contributed by atoms with Gasteiger partial charge in [-0.3, -0.25) is 0 Å². The van der Waals surface area contributed by atoms with Gasteiger partial charge in [0.05, 0.1) is 5.69 Å². The molecule has 24 heavy (non-hydrogen) atoms. The molecule has 2 N–H and O–H groups in total. The lowest BCUT2D eigenvalue weighted by Gasteiger charge is -2.33. The standard InChI is InChI=1S/C17H28N4O2S/c1-14(2)15-3-4-17(16(13-15)20-9-5-18-6-10-20)24(22,23)21-11-7-19-8-12-21/h3-4,13-14,18-19H,5-12H2,1-2H3. The summed E-state index contributed by atoms with van der Waals surface area (Å²) in [7, 11) is -3.45. The van der Waals surface area contributed by atoms with Crippen LogP contribution >= 0.6 is 0 Å². The summed E-state index contributed by atoms with van der Waals surface area (Å²) in [4.78, 5) is 2.66. The summed E-state index contributed by atoms with van der Waals surface area (Å²) in [6, 6.07) is 5.85. The Morgan fingerprint density at radius 3 is 2.12 bits per heavy atom. The van der Waals surface area contributed by atoms with Crippen LogP contribution in [0.2, 0.25) is 0 Å². The molecular formula is C17H28N4O2S. The fraction of sp³-hybridized carbons (Fsp3) is 0.647. The number of rotatable bonds is 4. The third kappa shape index (κ3) is 3.59. The van der Waals surface area contributed by atoms with Crippen LogP contribution in [-0.4, -0.2) is 65.1 Å². The zero-order valence-electron chi connectivity index (χ0n) is 14.6. The van der Waals surface area contributed by atoms with Gasteiger partial charge >= 0.3 is 0 Å². The highest BCUT2D eigenvalue weighted by molar-refractivity contribution is 7.89. The number of nitrogens with zero attached hydrogens (tertiary/aromatic N) is 2. The fourth-order valence-electron chi connectivity index (χ4n) is 3.29. The fourth-order valence-corrected chi connectivity index (χ4v) is 4.92. The Bertz CT molecular complexity index is 663. The van der Waals surface area contributed by atoms with Gasteiger partial charge in [-0.2, -0.15) is 4.31 Å². The Morgan fingerprint density at radius 1 is 0.958 bits per heavy atom. The van der Waals surface area contributed by atoms with Gasteiger partial charge in [-0.05, 0) is 23.6 Å². The molecule has 0 aromatic heterocycles. The molecule has 0 unspecified atom stereocenters. The van der Waals surface area contributed by atoms with Gasteiger partial charge in [0.2, 0.25) is 10.0 Å². The summed E-state index contributed by atoms with van der Waals surface area (Å²) in [6.07, 6.45) is 0. The molecule has 7 heteroatoms. The van der Waals surface area contributed by atoms with Crippen molar-refractivity contribution in [3.8, 4) is 0 Å². The lowest BCUT2D eigenvalue weighted by Crippen LogP contribution is -2.47. The van der Waals surface area contributed by atoms with Gasteiger partial charge in [-0.25, -0.2) is 8.42 Å². The normalized spacial score (nSPS) is 20.5. The molecule has 1 aromatic rings. The average molecular weight is 353 g/mol. The third-order valence-corrected chi connectivity index (χ3v) is 6.75. The first-order valence-electron chi connectivity index (χ1n) is 8.80. The van der Waals surface area contributed by atoms with E-state index in [0.717, 1.165) is 31.9 Å². The van der Waals surface area contributed by atoms with Gasteiger partial charge in [-0.1, -0.05) is 19.9 Å². The van der Waals surface area contributed by atoms with E-state index in [0.29, 0.717) is 37.0 Å². The summed E-state index contributed by atoms with van der Waals surface area (Å²) in [6.45, 7) is 10.2. The predicted octanol–water partition coefficient (Wildman–Crippen LogP) is 0.814. The molecule has 2 saturated heterocycles. The molecule has 2 aliphatic heterocycles. The number of piperazine rings is 2. The second kappa shape index (κ2) is 7.39. The maximum atomic E-state index is 13.2. The molecule has 0 amide bonds. The van der Waals surface area contributed by atoms with E-state index in [-0.39, 0.29) is 0 Å². The van der Waals surface area contributed by atoms with Crippen molar-refractivity contribution in [2.24, 2.45) is 0 Å². The molecule has 0 aliphatic carbocycles. The Kier molecular flexibility index (Phi) is 5.44. The number of benzene rings is 1. The molecule has 0 saturated carbocycles. The largest absolute Gasteiger partial charge is 0.368 e. The van der Waals surface area contributed by atoms with Gasteiger partial charge in [0.1, 0.15) is 4.90 Å². The van der Waals surface area contributed by atoms with Crippen molar-refractivity contribution in [2.75, 3.05) is 57.3 Å². The molecule has 0 spiro atoms. The van der Waals surface area contributed by atoms with Crippen LogP contribution in [-0.2, 0) is 10.0 Å². The monoisotopic (exact) mass is 352 g/mol. The van der Waals surface area contributed by atoms with E-state index in [1.54, 1.807) is 4.31 Å². The van der Waals surface area contributed by atoms with Gasteiger partial charge in [0.15, 0.2) is 0 Å². The summed E-state index contributed by atoms with van der Waals surface area (Å²) >= 11 is 0. The van der Waals surface area contributed by atoms with Crippen LogP contribution in [0.25, 0.3) is 0 Å². The van der Waals surface area contributed by atoms with Crippen LogP contribution in [0.4, 0.5) is 5.69 Å². The zero-order valence-corrected chi connectivity index (χ0v) is 15.4. The summed E-state index contributed by atoms with van der Waals surface area (Å²) < 4.78 is 28.0. The number of nitrogens with one attached hydrogen (secondary N) is 2. The highest BCUT2D eigenvalue weighted by Crippen LogP contribution is 2.31. The van der Waals surface area contributed by atoms with E-state index < -0.39 is 10.0 Å². The van der Waals surface area contributed by atoms with Crippen LogP contribution < -0.4 is 15.5 Å².